The molecule has 1 N–H and O–H groups in total. The van der Waals surface area contributed by atoms with Crippen LogP contribution >= 0.6 is 11.6 Å². The number of hydrogen-bond acceptors (Lipinski definition) is 3. The van der Waals surface area contributed by atoms with Crippen LogP contribution in [0.3, 0.4) is 0 Å². The minimum atomic E-state index is -0.528. The molecule has 2 aliphatic rings. The monoisotopic (exact) mass is 391 g/mol. The van der Waals surface area contributed by atoms with Gasteiger partial charge in [-0.25, -0.2) is 0 Å². The summed E-state index contributed by atoms with van der Waals surface area (Å²) in [5, 5.41) is 3.14. The SMILES string of the molecule is CC(=O)N[C@@]12CCN(C(C)=O)C[C@@H]1[C@@H](c1ccccc1)N(C(=O)CCCl)C2. The average Bonchev–Trinajstić information content (AvgIpc) is 2.96. The van der Waals surface area contributed by atoms with E-state index in [1.165, 1.54) is 6.92 Å². The highest BCUT2D eigenvalue weighted by Crippen LogP contribution is 2.47. The predicted octanol–water partition coefficient (Wildman–Crippen LogP) is 1.94. The van der Waals surface area contributed by atoms with Gasteiger partial charge in [0.2, 0.25) is 17.7 Å². The Bertz CT molecular complexity index is 726. The van der Waals surface area contributed by atoms with Gasteiger partial charge in [-0.2, -0.15) is 0 Å². The molecule has 27 heavy (non-hydrogen) atoms. The van der Waals surface area contributed by atoms with E-state index in [1.807, 2.05) is 40.1 Å². The Morgan fingerprint density at radius 3 is 2.52 bits per heavy atom. The first kappa shape index (κ1) is 19.7. The van der Waals surface area contributed by atoms with Crippen molar-refractivity contribution in [2.24, 2.45) is 5.92 Å². The van der Waals surface area contributed by atoms with Crippen molar-refractivity contribution in [3.05, 3.63) is 35.9 Å². The first-order valence-corrected chi connectivity index (χ1v) is 9.86. The number of piperidine rings is 1. The number of benzene rings is 1. The molecule has 0 unspecified atom stereocenters. The summed E-state index contributed by atoms with van der Waals surface area (Å²) >= 11 is 5.84. The van der Waals surface area contributed by atoms with Crippen LogP contribution in [0.5, 0.6) is 0 Å². The van der Waals surface area contributed by atoms with Gasteiger partial charge in [0, 0.05) is 51.7 Å². The number of halogens is 1. The van der Waals surface area contributed by atoms with Crippen LogP contribution in [0.2, 0.25) is 0 Å². The smallest absolute Gasteiger partial charge is 0.224 e. The molecule has 2 saturated heterocycles. The highest BCUT2D eigenvalue weighted by molar-refractivity contribution is 6.18. The summed E-state index contributed by atoms with van der Waals surface area (Å²) in [4.78, 5) is 40.5. The van der Waals surface area contributed by atoms with Gasteiger partial charge in [0.1, 0.15) is 0 Å². The van der Waals surface area contributed by atoms with Gasteiger partial charge in [-0.05, 0) is 12.0 Å². The fraction of sp³-hybridized carbons (Fsp3) is 0.550. The molecule has 3 rings (SSSR count). The average molecular weight is 392 g/mol. The summed E-state index contributed by atoms with van der Waals surface area (Å²) in [6, 6.07) is 9.64. The number of carbonyl (C=O) groups excluding carboxylic acids is 3. The summed E-state index contributed by atoms with van der Waals surface area (Å²) < 4.78 is 0. The Balaban J connectivity index is 2.05. The molecule has 146 valence electrons. The van der Waals surface area contributed by atoms with E-state index < -0.39 is 5.54 Å². The van der Waals surface area contributed by atoms with E-state index in [2.05, 4.69) is 5.32 Å². The molecule has 1 aromatic carbocycles. The number of nitrogens with zero attached hydrogens (tertiary/aromatic N) is 2. The lowest BCUT2D eigenvalue weighted by Gasteiger charge is -2.44. The van der Waals surface area contributed by atoms with E-state index in [0.717, 1.165) is 5.56 Å². The molecule has 0 spiro atoms. The van der Waals surface area contributed by atoms with Crippen LogP contribution in [0, 0.1) is 5.92 Å². The van der Waals surface area contributed by atoms with Gasteiger partial charge >= 0.3 is 0 Å². The van der Waals surface area contributed by atoms with Crippen LogP contribution in [0.25, 0.3) is 0 Å². The minimum absolute atomic E-state index is 0.0174. The van der Waals surface area contributed by atoms with Crippen molar-refractivity contribution in [1.82, 2.24) is 15.1 Å². The van der Waals surface area contributed by atoms with Crippen molar-refractivity contribution in [2.75, 3.05) is 25.5 Å². The summed E-state index contributed by atoms with van der Waals surface area (Å²) in [7, 11) is 0. The fourth-order valence-corrected chi connectivity index (χ4v) is 4.76. The number of alkyl halides is 1. The van der Waals surface area contributed by atoms with Crippen molar-refractivity contribution < 1.29 is 14.4 Å². The zero-order chi connectivity index (χ0) is 19.6. The predicted molar refractivity (Wildman–Crippen MR) is 103 cm³/mol. The second kappa shape index (κ2) is 7.89. The number of fused-ring (bicyclic) bond motifs is 1. The van der Waals surface area contributed by atoms with E-state index in [1.54, 1.807) is 6.92 Å². The summed E-state index contributed by atoms with van der Waals surface area (Å²) in [5.41, 5.74) is 0.489. The lowest BCUT2D eigenvalue weighted by atomic mass is 9.75. The van der Waals surface area contributed by atoms with Crippen LogP contribution in [-0.4, -0.2) is 58.6 Å². The third-order valence-corrected chi connectivity index (χ3v) is 5.95. The largest absolute Gasteiger partial charge is 0.349 e. The third-order valence-electron chi connectivity index (χ3n) is 5.76. The van der Waals surface area contributed by atoms with E-state index in [-0.39, 0.29) is 42.0 Å². The van der Waals surface area contributed by atoms with Gasteiger partial charge in [-0.1, -0.05) is 30.3 Å². The molecule has 7 heteroatoms. The van der Waals surface area contributed by atoms with E-state index in [0.29, 0.717) is 26.1 Å². The second-order valence-electron chi connectivity index (χ2n) is 7.47. The molecule has 2 heterocycles. The Morgan fingerprint density at radius 1 is 1.22 bits per heavy atom. The van der Waals surface area contributed by atoms with Gasteiger partial charge < -0.3 is 15.1 Å². The van der Waals surface area contributed by atoms with Gasteiger partial charge in [0.05, 0.1) is 11.6 Å². The first-order chi connectivity index (χ1) is 12.9. The topological polar surface area (TPSA) is 69.7 Å². The number of nitrogens with one attached hydrogen (secondary N) is 1. The highest BCUT2D eigenvalue weighted by Gasteiger charge is 2.57. The van der Waals surface area contributed by atoms with Gasteiger partial charge in [0.15, 0.2) is 0 Å². The van der Waals surface area contributed by atoms with Crippen LogP contribution in [0.15, 0.2) is 30.3 Å². The second-order valence-corrected chi connectivity index (χ2v) is 7.85. The van der Waals surface area contributed by atoms with Crippen molar-refractivity contribution in [3.8, 4) is 0 Å². The van der Waals surface area contributed by atoms with Crippen LogP contribution in [0.1, 0.15) is 38.3 Å². The molecule has 0 aliphatic carbocycles. The quantitative estimate of drug-likeness (QED) is 0.797. The van der Waals surface area contributed by atoms with Gasteiger partial charge in [-0.15, -0.1) is 11.6 Å². The molecule has 0 radical (unpaired) electrons. The number of likely N-dealkylation sites (tertiary alicyclic amines) is 2. The standard InChI is InChI=1S/C20H26ClN3O3/c1-14(25)22-20-9-11-23(15(2)26)12-17(20)19(16-6-4-3-5-7-16)24(13-20)18(27)8-10-21/h3-7,17,19H,8-13H2,1-2H3,(H,22,25)/t17-,19-,20-/m1/s1. The maximum atomic E-state index is 12.9. The van der Waals surface area contributed by atoms with E-state index in [9.17, 15) is 14.4 Å². The van der Waals surface area contributed by atoms with Crippen molar-refractivity contribution >= 4 is 29.3 Å². The normalized spacial score (nSPS) is 27.2. The maximum absolute atomic E-state index is 12.9. The molecule has 3 amide bonds. The molecule has 2 aliphatic heterocycles. The Morgan fingerprint density at radius 2 is 1.93 bits per heavy atom. The number of carbonyl (C=O) groups is 3. The maximum Gasteiger partial charge on any atom is 0.224 e. The molecule has 1 aromatic rings. The van der Waals surface area contributed by atoms with E-state index >= 15 is 0 Å². The van der Waals surface area contributed by atoms with Crippen molar-refractivity contribution in [2.45, 2.75) is 38.3 Å². The van der Waals surface area contributed by atoms with Crippen LogP contribution in [0.4, 0.5) is 0 Å². The number of rotatable bonds is 4. The molecular weight excluding hydrogens is 366 g/mol. The molecule has 3 atom stereocenters. The molecule has 0 aromatic heterocycles. The van der Waals surface area contributed by atoms with Crippen LogP contribution < -0.4 is 5.32 Å². The van der Waals surface area contributed by atoms with E-state index in [4.69, 9.17) is 11.6 Å². The molecule has 0 saturated carbocycles. The first-order valence-electron chi connectivity index (χ1n) is 9.32. The lowest BCUT2D eigenvalue weighted by Crippen LogP contribution is -2.61. The van der Waals surface area contributed by atoms with Gasteiger partial charge in [-0.3, -0.25) is 14.4 Å². The third kappa shape index (κ3) is 3.81. The zero-order valence-electron chi connectivity index (χ0n) is 15.8. The minimum Gasteiger partial charge on any atom is -0.349 e. The Kier molecular flexibility index (Phi) is 5.75. The lowest BCUT2D eigenvalue weighted by molar-refractivity contribution is -0.132. The van der Waals surface area contributed by atoms with Crippen molar-refractivity contribution in [1.29, 1.82) is 0 Å². The highest BCUT2D eigenvalue weighted by atomic mass is 35.5. The Hall–Kier alpha value is -2.08. The Labute approximate surface area is 164 Å². The van der Waals surface area contributed by atoms with Crippen molar-refractivity contribution in [3.63, 3.8) is 0 Å². The summed E-state index contributed by atoms with van der Waals surface area (Å²) in [5.74, 6) is 0.0698. The zero-order valence-corrected chi connectivity index (χ0v) is 16.5. The molecule has 6 nitrogen and oxygen atoms in total. The summed E-state index contributed by atoms with van der Waals surface area (Å²) in [6.45, 7) is 4.60. The number of hydrogen-bond donors (Lipinski definition) is 1. The molecule has 2 fully saturated rings. The van der Waals surface area contributed by atoms with Crippen LogP contribution in [-0.2, 0) is 14.4 Å². The van der Waals surface area contributed by atoms with Gasteiger partial charge in [0.25, 0.3) is 0 Å². The summed E-state index contributed by atoms with van der Waals surface area (Å²) in [6.07, 6.45) is 0.884. The fourth-order valence-electron chi connectivity index (χ4n) is 4.60. The molecular formula is C20H26ClN3O3. The molecule has 0 bridgehead atoms. The number of amides is 3.